The van der Waals surface area contributed by atoms with E-state index < -0.39 is 17.6 Å². The molecule has 0 saturated carbocycles. The second-order valence-electron chi connectivity index (χ2n) is 6.20. The van der Waals surface area contributed by atoms with Gasteiger partial charge in [0, 0.05) is 19.0 Å². The molecule has 2 atom stereocenters. The van der Waals surface area contributed by atoms with Crippen LogP contribution < -0.4 is 16.0 Å². The molecule has 8 heteroatoms. The van der Waals surface area contributed by atoms with Crippen molar-refractivity contribution in [1.82, 2.24) is 10.6 Å². The number of hydrogen-bond acceptors (Lipinski definition) is 3. The highest BCUT2D eigenvalue weighted by Gasteiger charge is 2.33. The number of hydrogen-bond donors (Lipinski definition) is 3. The maximum absolute atomic E-state index is 12.9. The SMILES string of the molecule is CC(CC(=O)Nc1ccccc1C(F)(F)F)NC1CCCCNC1=O. The zero-order valence-electron chi connectivity index (χ0n) is 14.0. The molecule has 1 saturated heterocycles. The Morgan fingerprint density at radius 3 is 2.76 bits per heavy atom. The predicted octanol–water partition coefficient (Wildman–Crippen LogP) is 2.68. The van der Waals surface area contributed by atoms with Crippen molar-refractivity contribution < 1.29 is 22.8 Å². The van der Waals surface area contributed by atoms with Crippen molar-refractivity contribution in [3.8, 4) is 0 Å². The fourth-order valence-corrected chi connectivity index (χ4v) is 2.82. The normalized spacial score (nSPS) is 19.7. The molecule has 5 nitrogen and oxygen atoms in total. The first-order chi connectivity index (χ1) is 11.8. The topological polar surface area (TPSA) is 70.2 Å². The summed E-state index contributed by atoms with van der Waals surface area (Å²) in [6.45, 7) is 2.37. The molecule has 1 aliphatic heterocycles. The summed E-state index contributed by atoms with van der Waals surface area (Å²) in [6, 6.07) is 4.13. The van der Waals surface area contributed by atoms with Crippen LogP contribution in [0.25, 0.3) is 0 Å². The predicted molar refractivity (Wildman–Crippen MR) is 87.9 cm³/mol. The molecule has 1 heterocycles. The highest BCUT2D eigenvalue weighted by atomic mass is 19.4. The Labute approximate surface area is 144 Å². The average Bonchev–Trinajstić information content (AvgIpc) is 2.71. The van der Waals surface area contributed by atoms with Crippen molar-refractivity contribution in [2.24, 2.45) is 0 Å². The molecule has 138 valence electrons. The van der Waals surface area contributed by atoms with Gasteiger partial charge in [-0.3, -0.25) is 9.59 Å². The van der Waals surface area contributed by atoms with E-state index in [1.54, 1.807) is 6.92 Å². The van der Waals surface area contributed by atoms with Gasteiger partial charge in [0.2, 0.25) is 11.8 Å². The minimum atomic E-state index is -4.54. The molecule has 2 unspecified atom stereocenters. The maximum atomic E-state index is 12.9. The minimum absolute atomic E-state index is 0.0318. The molecule has 0 bridgehead atoms. The van der Waals surface area contributed by atoms with Crippen molar-refractivity contribution >= 4 is 17.5 Å². The van der Waals surface area contributed by atoms with Crippen molar-refractivity contribution in [1.29, 1.82) is 0 Å². The molecule has 25 heavy (non-hydrogen) atoms. The van der Waals surface area contributed by atoms with Gasteiger partial charge >= 0.3 is 6.18 Å². The van der Waals surface area contributed by atoms with Gasteiger partial charge in [-0.15, -0.1) is 0 Å². The average molecular weight is 357 g/mol. The molecule has 1 aromatic rings. The number of anilines is 1. The van der Waals surface area contributed by atoms with Gasteiger partial charge in [0.15, 0.2) is 0 Å². The van der Waals surface area contributed by atoms with Gasteiger partial charge in [-0.1, -0.05) is 12.1 Å². The van der Waals surface area contributed by atoms with E-state index in [1.807, 2.05) is 0 Å². The van der Waals surface area contributed by atoms with Crippen LogP contribution >= 0.6 is 0 Å². The Morgan fingerprint density at radius 2 is 2.04 bits per heavy atom. The second-order valence-corrected chi connectivity index (χ2v) is 6.20. The van der Waals surface area contributed by atoms with Crippen LogP contribution in [0.4, 0.5) is 18.9 Å². The number of rotatable bonds is 5. The lowest BCUT2D eigenvalue weighted by Gasteiger charge is -2.21. The Balaban J connectivity index is 1.93. The lowest BCUT2D eigenvalue weighted by atomic mass is 10.1. The fourth-order valence-electron chi connectivity index (χ4n) is 2.82. The summed E-state index contributed by atoms with van der Waals surface area (Å²) in [6.07, 6.45) is -2.09. The summed E-state index contributed by atoms with van der Waals surface area (Å²) in [5, 5.41) is 8.17. The van der Waals surface area contributed by atoms with Crippen LogP contribution in [0.3, 0.4) is 0 Å². The maximum Gasteiger partial charge on any atom is 0.418 e. The third-order valence-corrected chi connectivity index (χ3v) is 4.02. The van der Waals surface area contributed by atoms with Gasteiger partial charge in [-0.2, -0.15) is 13.2 Å². The monoisotopic (exact) mass is 357 g/mol. The number of carbonyl (C=O) groups excluding carboxylic acids is 2. The van der Waals surface area contributed by atoms with Crippen molar-refractivity contribution in [2.45, 2.75) is 50.9 Å². The first kappa shape index (κ1) is 19.2. The summed E-state index contributed by atoms with van der Waals surface area (Å²) in [4.78, 5) is 24.0. The van der Waals surface area contributed by atoms with Crippen LogP contribution in [-0.2, 0) is 15.8 Å². The molecule has 0 spiro atoms. The number of para-hydroxylation sites is 1. The third-order valence-electron chi connectivity index (χ3n) is 4.02. The zero-order chi connectivity index (χ0) is 18.4. The zero-order valence-corrected chi connectivity index (χ0v) is 14.0. The number of nitrogens with one attached hydrogen (secondary N) is 3. The molecule has 2 amide bonds. The summed E-state index contributed by atoms with van der Waals surface area (Å²) < 4.78 is 38.8. The lowest BCUT2D eigenvalue weighted by molar-refractivity contribution is -0.137. The molecule has 0 radical (unpaired) electrons. The molecule has 0 aliphatic carbocycles. The van der Waals surface area contributed by atoms with E-state index in [0.717, 1.165) is 18.9 Å². The highest BCUT2D eigenvalue weighted by Crippen LogP contribution is 2.34. The van der Waals surface area contributed by atoms with Gasteiger partial charge < -0.3 is 16.0 Å². The van der Waals surface area contributed by atoms with E-state index in [4.69, 9.17) is 0 Å². The van der Waals surface area contributed by atoms with Crippen LogP contribution in [-0.4, -0.2) is 30.4 Å². The molecule has 1 aliphatic rings. The van der Waals surface area contributed by atoms with Gasteiger partial charge in [0.05, 0.1) is 17.3 Å². The van der Waals surface area contributed by atoms with Gasteiger partial charge in [0.1, 0.15) is 0 Å². The summed E-state index contributed by atoms with van der Waals surface area (Å²) in [7, 11) is 0. The lowest BCUT2D eigenvalue weighted by Crippen LogP contribution is -2.47. The van der Waals surface area contributed by atoms with Gasteiger partial charge in [-0.25, -0.2) is 0 Å². The Hall–Kier alpha value is -2.09. The standard InChI is InChI=1S/C17H22F3N3O2/c1-11(22-14-8-4-5-9-21-16(14)25)10-15(24)23-13-7-3-2-6-12(13)17(18,19)20/h2-3,6-7,11,14,22H,4-5,8-10H2,1H3,(H,21,25)(H,23,24). The molecular weight excluding hydrogens is 335 g/mol. The van der Waals surface area contributed by atoms with E-state index in [0.29, 0.717) is 13.0 Å². The molecule has 1 aromatic carbocycles. The molecule has 3 N–H and O–H groups in total. The summed E-state index contributed by atoms with van der Waals surface area (Å²) in [5.74, 6) is -0.641. The van der Waals surface area contributed by atoms with Gasteiger partial charge in [-0.05, 0) is 38.3 Å². The van der Waals surface area contributed by atoms with E-state index in [9.17, 15) is 22.8 Å². The Bertz CT molecular complexity index is 619. The summed E-state index contributed by atoms with van der Waals surface area (Å²) in [5.41, 5.74) is -1.15. The van der Waals surface area contributed by atoms with Gasteiger partial charge in [0.25, 0.3) is 0 Å². The van der Waals surface area contributed by atoms with Crippen LogP contribution in [0.15, 0.2) is 24.3 Å². The summed E-state index contributed by atoms with van der Waals surface area (Å²) >= 11 is 0. The molecule has 2 rings (SSSR count). The van der Waals surface area contributed by atoms with Crippen LogP contribution in [0, 0.1) is 0 Å². The smallest absolute Gasteiger partial charge is 0.355 e. The van der Waals surface area contributed by atoms with E-state index in [1.165, 1.54) is 18.2 Å². The van der Waals surface area contributed by atoms with Crippen molar-refractivity contribution in [2.75, 3.05) is 11.9 Å². The van der Waals surface area contributed by atoms with E-state index in [2.05, 4.69) is 16.0 Å². The molecule has 1 fully saturated rings. The van der Waals surface area contributed by atoms with Crippen molar-refractivity contribution in [3.63, 3.8) is 0 Å². The number of benzene rings is 1. The largest absolute Gasteiger partial charge is 0.418 e. The molecular formula is C17H22F3N3O2. The van der Waals surface area contributed by atoms with Crippen LogP contribution in [0.2, 0.25) is 0 Å². The number of amides is 2. The number of alkyl halides is 3. The van der Waals surface area contributed by atoms with E-state index in [-0.39, 0.29) is 30.1 Å². The minimum Gasteiger partial charge on any atom is -0.355 e. The third kappa shape index (κ3) is 5.74. The second kappa shape index (κ2) is 8.33. The first-order valence-corrected chi connectivity index (χ1v) is 8.27. The van der Waals surface area contributed by atoms with Crippen LogP contribution in [0.5, 0.6) is 0 Å². The Kier molecular flexibility index (Phi) is 6.41. The molecule has 0 aromatic heterocycles. The van der Waals surface area contributed by atoms with E-state index >= 15 is 0 Å². The van der Waals surface area contributed by atoms with Crippen LogP contribution in [0.1, 0.15) is 38.2 Å². The quantitative estimate of drug-likeness (QED) is 0.759. The number of carbonyl (C=O) groups is 2. The number of halogens is 3. The highest BCUT2D eigenvalue weighted by molar-refractivity contribution is 5.92. The Morgan fingerprint density at radius 1 is 1.32 bits per heavy atom. The first-order valence-electron chi connectivity index (χ1n) is 8.27. The fraction of sp³-hybridized carbons (Fsp3) is 0.529. The van der Waals surface area contributed by atoms with Crippen molar-refractivity contribution in [3.05, 3.63) is 29.8 Å².